The van der Waals surface area contributed by atoms with Gasteiger partial charge in [0.1, 0.15) is 16.8 Å². The number of nitrogens with one attached hydrogen (secondary N) is 1. The number of benzene rings is 1. The number of halogens is 1. The number of ether oxygens (including phenoxy) is 1. The molecule has 0 radical (unpaired) electrons. The smallest absolute Gasteiger partial charge is 0.235 e. The number of hydrogen-bond acceptors (Lipinski definition) is 7. The van der Waals surface area contributed by atoms with Gasteiger partial charge in [0.05, 0.1) is 16.3 Å². The molecule has 32 heavy (non-hydrogen) atoms. The lowest BCUT2D eigenvalue weighted by Crippen LogP contribution is -2.15. The van der Waals surface area contributed by atoms with Gasteiger partial charge in [-0.3, -0.25) is 4.79 Å². The monoisotopic (exact) mass is 487 g/mol. The quantitative estimate of drug-likeness (QED) is 0.463. The van der Waals surface area contributed by atoms with E-state index in [0.29, 0.717) is 32.3 Å². The molecule has 1 atom stereocenters. The molecular formula is C22H22ClN5O2S2. The highest BCUT2D eigenvalue weighted by molar-refractivity contribution is 7.99. The van der Waals surface area contributed by atoms with Crippen molar-refractivity contribution >= 4 is 45.6 Å². The number of thiophene rings is 1. The minimum Gasteiger partial charge on any atom is -0.481 e. The maximum absolute atomic E-state index is 12.6. The molecule has 0 saturated carbocycles. The number of carbonyl (C=O) groups excluding carboxylic acids is 1. The van der Waals surface area contributed by atoms with Crippen LogP contribution in [0.25, 0.3) is 0 Å². The van der Waals surface area contributed by atoms with Crippen molar-refractivity contribution in [2.75, 3.05) is 11.1 Å². The first-order chi connectivity index (χ1) is 15.5. The van der Waals surface area contributed by atoms with Gasteiger partial charge in [-0.2, -0.15) is 5.26 Å². The van der Waals surface area contributed by atoms with Gasteiger partial charge in [-0.05, 0) is 50.3 Å². The normalized spacial score (nSPS) is 13.8. The number of aromatic nitrogens is 3. The number of aryl methyl sites for hydroxylation is 1. The zero-order valence-electron chi connectivity index (χ0n) is 17.7. The molecule has 1 aliphatic rings. The molecule has 1 aromatic carbocycles. The molecule has 2 heterocycles. The van der Waals surface area contributed by atoms with Crippen LogP contribution in [0.1, 0.15) is 47.7 Å². The molecule has 7 nitrogen and oxygen atoms in total. The Hall–Kier alpha value is -2.54. The summed E-state index contributed by atoms with van der Waals surface area (Å²) in [4.78, 5) is 13.8. The second-order valence-corrected chi connectivity index (χ2v) is 9.91. The molecule has 1 unspecified atom stereocenters. The summed E-state index contributed by atoms with van der Waals surface area (Å²) in [6, 6.07) is 9.53. The third-order valence-corrected chi connectivity index (χ3v) is 7.78. The van der Waals surface area contributed by atoms with E-state index in [4.69, 9.17) is 16.3 Å². The molecule has 1 aliphatic carbocycles. The van der Waals surface area contributed by atoms with Gasteiger partial charge < -0.3 is 14.6 Å². The van der Waals surface area contributed by atoms with Gasteiger partial charge in [0.15, 0.2) is 17.1 Å². The largest absolute Gasteiger partial charge is 0.481 e. The van der Waals surface area contributed by atoms with Crippen LogP contribution in [0.15, 0.2) is 29.4 Å². The number of rotatable bonds is 7. The minimum atomic E-state index is -0.369. The number of amides is 1. The van der Waals surface area contributed by atoms with Crippen LogP contribution in [0.5, 0.6) is 5.75 Å². The number of nitrogens with zero attached hydrogens (tertiary/aromatic N) is 4. The van der Waals surface area contributed by atoms with E-state index in [1.54, 1.807) is 12.1 Å². The summed E-state index contributed by atoms with van der Waals surface area (Å²) in [6.45, 7) is 1.87. The average Bonchev–Trinajstić information content (AvgIpc) is 3.33. The number of para-hydroxylation sites is 1. The van der Waals surface area contributed by atoms with Gasteiger partial charge in [0.25, 0.3) is 0 Å². The van der Waals surface area contributed by atoms with Crippen LogP contribution in [-0.4, -0.2) is 26.4 Å². The second-order valence-electron chi connectivity index (χ2n) is 7.45. The van der Waals surface area contributed by atoms with Crippen molar-refractivity contribution < 1.29 is 9.53 Å². The molecule has 0 aliphatic heterocycles. The number of fused-ring (bicyclic) bond motifs is 1. The van der Waals surface area contributed by atoms with Crippen LogP contribution >= 0.6 is 34.7 Å². The number of anilines is 1. The first kappa shape index (κ1) is 22.6. The molecule has 1 amide bonds. The Morgan fingerprint density at radius 3 is 2.94 bits per heavy atom. The summed E-state index contributed by atoms with van der Waals surface area (Å²) < 4.78 is 7.73. The number of carbonyl (C=O) groups is 1. The summed E-state index contributed by atoms with van der Waals surface area (Å²) in [5.41, 5.74) is 1.73. The zero-order chi connectivity index (χ0) is 22.7. The van der Waals surface area contributed by atoms with Crippen LogP contribution in [0.3, 0.4) is 0 Å². The van der Waals surface area contributed by atoms with Crippen molar-refractivity contribution in [3.63, 3.8) is 0 Å². The number of thioether (sulfide) groups is 1. The van der Waals surface area contributed by atoms with Crippen molar-refractivity contribution in [2.24, 2.45) is 7.05 Å². The third kappa shape index (κ3) is 4.77. The SMILES string of the molecule is CC(Oc1ccccc1Cl)c1nnc(SCC(=O)Nc2sc3c(c2C#N)CCCC3)n1C. The van der Waals surface area contributed by atoms with E-state index in [1.807, 2.05) is 30.7 Å². The first-order valence-corrected chi connectivity index (χ1v) is 12.4. The molecule has 0 bridgehead atoms. The van der Waals surface area contributed by atoms with Gasteiger partial charge in [-0.25, -0.2) is 0 Å². The third-order valence-electron chi connectivity index (χ3n) is 5.24. The number of hydrogen-bond donors (Lipinski definition) is 1. The van der Waals surface area contributed by atoms with Gasteiger partial charge >= 0.3 is 0 Å². The van der Waals surface area contributed by atoms with Crippen LogP contribution in [0.4, 0.5) is 5.00 Å². The summed E-state index contributed by atoms with van der Waals surface area (Å²) >= 11 is 8.98. The molecule has 0 fully saturated rings. The Labute approximate surface area is 199 Å². The highest BCUT2D eigenvalue weighted by Gasteiger charge is 2.23. The summed E-state index contributed by atoms with van der Waals surface area (Å²) in [5.74, 6) is 1.20. The topological polar surface area (TPSA) is 92.8 Å². The van der Waals surface area contributed by atoms with Gasteiger partial charge in [0, 0.05) is 11.9 Å². The molecule has 0 spiro atoms. The van der Waals surface area contributed by atoms with Crippen molar-refractivity contribution in [3.8, 4) is 11.8 Å². The van der Waals surface area contributed by atoms with E-state index in [9.17, 15) is 10.1 Å². The van der Waals surface area contributed by atoms with Crippen molar-refractivity contribution in [3.05, 3.63) is 51.1 Å². The van der Waals surface area contributed by atoms with Gasteiger partial charge in [-0.1, -0.05) is 35.5 Å². The Morgan fingerprint density at radius 2 is 2.16 bits per heavy atom. The molecule has 1 N–H and O–H groups in total. The first-order valence-electron chi connectivity index (χ1n) is 10.3. The fourth-order valence-electron chi connectivity index (χ4n) is 3.65. The molecule has 166 valence electrons. The molecule has 4 rings (SSSR count). The van der Waals surface area contributed by atoms with Crippen molar-refractivity contribution in [1.82, 2.24) is 14.8 Å². The van der Waals surface area contributed by atoms with Crippen LogP contribution in [-0.2, 0) is 24.7 Å². The van der Waals surface area contributed by atoms with E-state index >= 15 is 0 Å². The van der Waals surface area contributed by atoms with Gasteiger partial charge in [0.2, 0.25) is 5.91 Å². The van der Waals surface area contributed by atoms with Crippen LogP contribution < -0.4 is 10.1 Å². The lowest BCUT2D eigenvalue weighted by molar-refractivity contribution is -0.113. The van der Waals surface area contributed by atoms with Crippen LogP contribution in [0.2, 0.25) is 5.02 Å². The highest BCUT2D eigenvalue weighted by Crippen LogP contribution is 2.37. The molecular weight excluding hydrogens is 466 g/mol. The highest BCUT2D eigenvalue weighted by atomic mass is 35.5. The molecule has 10 heteroatoms. The van der Waals surface area contributed by atoms with E-state index in [1.165, 1.54) is 28.0 Å². The van der Waals surface area contributed by atoms with E-state index in [-0.39, 0.29) is 17.8 Å². The average molecular weight is 488 g/mol. The molecule has 3 aromatic rings. The fraction of sp³-hybridized carbons (Fsp3) is 0.364. The molecule has 2 aromatic heterocycles. The Balaban J connectivity index is 1.38. The van der Waals surface area contributed by atoms with E-state index in [0.717, 1.165) is 31.2 Å². The van der Waals surface area contributed by atoms with Crippen LogP contribution in [0, 0.1) is 11.3 Å². The van der Waals surface area contributed by atoms with Gasteiger partial charge in [-0.15, -0.1) is 21.5 Å². The number of nitriles is 1. The lowest BCUT2D eigenvalue weighted by atomic mass is 9.96. The summed E-state index contributed by atoms with van der Waals surface area (Å²) in [5, 5.41) is 22.7. The standard InChI is InChI=1S/C22H22ClN5O2S2/c1-13(30-17-9-5-4-8-16(17)23)20-26-27-22(28(20)2)31-12-19(29)25-21-15(11-24)14-7-3-6-10-18(14)32-21/h4-5,8-9,13H,3,6-7,10,12H2,1-2H3,(H,25,29). The van der Waals surface area contributed by atoms with Crippen molar-refractivity contribution in [1.29, 1.82) is 5.26 Å². The summed E-state index contributed by atoms with van der Waals surface area (Å²) in [7, 11) is 1.84. The van der Waals surface area contributed by atoms with E-state index < -0.39 is 0 Å². The Morgan fingerprint density at radius 1 is 1.38 bits per heavy atom. The summed E-state index contributed by atoms with van der Waals surface area (Å²) in [6.07, 6.45) is 3.75. The maximum atomic E-state index is 12.6. The predicted molar refractivity (Wildman–Crippen MR) is 127 cm³/mol. The van der Waals surface area contributed by atoms with E-state index in [2.05, 4.69) is 21.6 Å². The van der Waals surface area contributed by atoms with Crippen molar-refractivity contribution in [2.45, 2.75) is 43.9 Å². The minimum absolute atomic E-state index is 0.166. The maximum Gasteiger partial charge on any atom is 0.235 e. The Bertz CT molecular complexity index is 1180. The molecule has 0 saturated heterocycles. The fourth-order valence-corrected chi connectivity index (χ4v) is 5.81. The Kier molecular flexibility index (Phi) is 7.04. The zero-order valence-corrected chi connectivity index (χ0v) is 20.1. The second kappa shape index (κ2) is 9.94. The predicted octanol–water partition coefficient (Wildman–Crippen LogP) is 5.15. The lowest BCUT2D eigenvalue weighted by Gasteiger charge is -2.15.